The Hall–Kier alpha value is 0.240. The van der Waals surface area contributed by atoms with E-state index >= 15 is 0 Å². The Balaban J connectivity index is -0.00000364. The predicted molar refractivity (Wildman–Crippen MR) is 120 cm³/mol. The first-order valence-corrected chi connectivity index (χ1v) is 10.6. The molecular weight excluding hydrogens is 408 g/mol. The van der Waals surface area contributed by atoms with E-state index in [1.54, 1.807) is 0 Å². The van der Waals surface area contributed by atoms with Crippen LogP contribution in [0.5, 0.6) is 0 Å². The molecule has 0 heterocycles. The average molecular weight is 448 g/mol. The summed E-state index contributed by atoms with van der Waals surface area (Å²) in [7, 11) is 0. The number of rotatable bonds is 16. The molecule has 0 spiro atoms. The second-order valence-electron chi connectivity index (χ2n) is 7.11. The van der Waals surface area contributed by atoms with Gasteiger partial charge in [-0.3, -0.25) is 14.4 Å². The summed E-state index contributed by atoms with van der Waals surface area (Å²) in [6, 6.07) is -1.10. The predicted octanol–water partition coefficient (Wildman–Crippen LogP) is 2.66. The van der Waals surface area contributed by atoms with Gasteiger partial charge in [-0.1, -0.05) is 65.2 Å². The Morgan fingerprint density at radius 2 is 1.03 bits per heavy atom. The molecule has 0 fully saturated rings. The van der Waals surface area contributed by atoms with Crippen LogP contribution in [0.4, 0.5) is 0 Å². The summed E-state index contributed by atoms with van der Waals surface area (Å²) in [6.45, 7) is 4.21. The normalized spacial score (nSPS) is 10.9. The molecule has 9 heteroatoms. The topological polar surface area (TPSA) is 113 Å². The van der Waals surface area contributed by atoms with E-state index in [1.165, 1.54) is 0 Å². The second kappa shape index (κ2) is 23.9. The molecule has 0 radical (unpaired) electrons. The third-order valence-corrected chi connectivity index (χ3v) is 4.37. The van der Waals surface area contributed by atoms with E-state index in [0.29, 0.717) is 12.8 Å². The van der Waals surface area contributed by atoms with Gasteiger partial charge < -0.3 is 15.2 Å². The summed E-state index contributed by atoms with van der Waals surface area (Å²) in [5.74, 6) is -2.73. The molecule has 30 heavy (non-hydrogen) atoms. The summed E-state index contributed by atoms with van der Waals surface area (Å²) in [5.41, 5.74) is 5.65. The molecule has 0 bridgehead atoms. The van der Waals surface area contributed by atoms with E-state index in [9.17, 15) is 19.2 Å². The van der Waals surface area contributed by atoms with Crippen molar-refractivity contribution in [2.24, 2.45) is 5.73 Å². The molecule has 0 unspecified atom stereocenters. The van der Waals surface area contributed by atoms with Crippen LogP contribution in [0.25, 0.3) is 0 Å². The van der Waals surface area contributed by atoms with Crippen LogP contribution in [-0.4, -0.2) is 89.0 Å². The van der Waals surface area contributed by atoms with Gasteiger partial charge >= 0.3 is 83.0 Å². The van der Waals surface area contributed by atoms with Crippen LogP contribution in [0.2, 0.25) is 0 Å². The van der Waals surface area contributed by atoms with E-state index in [1.807, 2.05) is 0 Å². The fraction of sp³-hybridized carbons (Fsp3) is 0.810. The van der Waals surface area contributed by atoms with E-state index in [4.69, 9.17) is 15.2 Å². The third-order valence-electron chi connectivity index (χ3n) is 4.37. The molecule has 0 aliphatic carbocycles. The van der Waals surface area contributed by atoms with Crippen molar-refractivity contribution in [1.29, 1.82) is 0 Å². The van der Waals surface area contributed by atoms with Crippen molar-refractivity contribution in [2.75, 3.05) is 0 Å². The van der Waals surface area contributed by atoms with Crippen LogP contribution < -0.4 is 5.73 Å². The maximum absolute atomic E-state index is 11.8. The quantitative estimate of drug-likeness (QED) is 0.167. The number of hydrogen-bond acceptors (Lipinski definition) is 7. The number of carbonyl (C=O) groups excluding carboxylic acids is 4. The zero-order valence-electron chi connectivity index (χ0n) is 17.5. The van der Waals surface area contributed by atoms with Gasteiger partial charge in [-0.25, -0.2) is 4.79 Å². The Morgan fingerprint density at radius 1 is 0.633 bits per heavy atom. The van der Waals surface area contributed by atoms with Gasteiger partial charge in [0.15, 0.2) is 0 Å². The summed E-state index contributed by atoms with van der Waals surface area (Å²) >= 11 is 0. The number of hydrogen-bond donors (Lipinski definition) is 1. The molecule has 0 aromatic carbocycles. The Kier molecular flexibility index (Phi) is 27.8. The summed E-state index contributed by atoms with van der Waals surface area (Å²) < 4.78 is 9.40. The number of unbranched alkanes of at least 4 members (excludes halogenated alkanes) is 8. The SMILES string of the molecule is CCCCCCCC(=O)OC(=O)CC[C@H](N)C(=O)OC(=O)CCCCCCC.[NaH].[NaH]. The molecule has 0 aliphatic heterocycles. The first-order chi connectivity index (χ1) is 13.4. The molecule has 1 atom stereocenters. The Bertz CT molecular complexity index is 488. The van der Waals surface area contributed by atoms with Crippen molar-refractivity contribution in [1.82, 2.24) is 0 Å². The molecule has 0 rings (SSSR count). The fourth-order valence-corrected chi connectivity index (χ4v) is 2.60. The number of carbonyl (C=O) groups is 4. The number of esters is 4. The first-order valence-electron chi connectivity index (χ1n) is 10.6. The van der Waals surface area contributed by atoms with Crippen LogP contribution in [0, 0.1) is 0 Å². The van der Waals surface area contributed by atoms with Crippen LogP contribution in [-0.2, 0) is 28.7 Å². The molecule has 0 aromatic rings. The average Bonchev–Trinajstić information content (AvgIpc) is 2.65. The fourth-order valence-electron chi connectivity index (χ4n) is 2.60. The number of ether oxygens (including phenoxy) is 2. The van der Waals surface area contributed by atoms with Gasteiger partial charge in [0.2, 0.25) is 0 Å². The van der Waals surface area contributed by atoms with Gasteiger partial charge in [0.05, 0.1) is 0 Å². The van der Waals surface area contributed by atoms with Crippen LogP contribution in [0.1, 0.15) is 104 Å². The molecule has 7 nitrogen and oxygen atoms in total. The molecule has 166 valence electrons. The Morgan fingerprint density at radius 3 is 1.50 bits per heavy atom. The molecular formula is C21H39NNa2O6. The zero-order chi connectivity index (χ0) is 21.2. The van der Waals surface area contributed by atoms with Crippen LogP contribution >= 0.6 is 0 Å². The van der Waals surface area contributed by atoms with Gasteiger partial charge in [0.1, 0.15) is 6.04 Å². The van der Waals surface area contributed by atoms with E-state index in [2.05, 4.69) is 13.8 Å². The van der Waals surface area contributed by atoms with Crippen molar-refractivity contribution in [3.8, 4) is 0 Å². The summed E-state index contributed by atoms with van der Waals surface area (Å²) in [6.07, 6.45) is 9.99. The van der Waals surface area contributed by atoms with Crippen LogP contribution in [0.15, 0.2) is 0 Å². The minimum atomic E-state index is -1.10. The molecule has 2 N–H and O–H groups in total. The van der Waals surface area contributed by atoms with Crippen molar-refractivity contribution < 1.29 is 28.7 Å². The van der Waals surface area contributed by atoms with Crippen molar-refractivity contribution in [3.05, 3.63) is 0 Å². The van der Waals surface area contributed by atoms with Gasteiger partial charge in [-0.05, 0) is 19.3 Å². The summed E-state index contributed by atoms with van der Waals surface area (Å²) in [5, 5.41) is 0. The van der Waals surface area contributed by atoms with Crippen molar-refractivity contribution in [3.63, 3.8) is 0 Å². The van der Waals surface area contributed by atoms with Gasteiger partial charge in [0, 0.05) is 19.3 Å². The molecule has 0 aromatic heterocycles. The molecule has 0 saturated heterocycles. The van der Waals surface area contributed by atoms with E-state index in [-0.39, 0.29) is 84.8 Å². The maximum atomic E-state index is 11.8. The molecule has 0 amide bonds. The number of nitrogens with two attached hydrogens (primary N) is 1. The van der Waals surface area contributed by atoms with Gasteiger partial charge in [-0.2, -0.15) is 0 Å². The van der Waals surface area contributed by atoms with Crippen molar-refractivity contribution >= 4 is 83.0 Å². The zero-order valence-corrected chi connectivity index (χ0v) is 17.5. The van der Waals surface area contributed by atoms with Crippen molar-refractivity contribution in [2.45, 2.75) is 110 Å². The summed E-state index contributed by atoms with van der Waals surface area (Å²) in [4.78, 5) is 46.6. The van der Waals surface area contributed by atoms with Gasteiger partial charge in [0.25, 0.3) is 0 Å². The standard InChI is InChI=1S/C21H37NO6.2Na.2H/c1-3-5-7-9-11-13-18(23)27-20(25)16-15-17(22)21(26)28-19(24)14-12-10-8-6-4-2;;;;/h17H,3-16,22H2,1-2H3;;;;/t17-;;;;/m0..../s1. The Labute approximate surface area is 225 Å². The molecule has 0 saturated carbocycles. The first kappa shape index (κ1) is 34.8. The second-order valence-corrected chi connectivity index (χ2v) is 7.11. The van der Waals surface area contributed by atoms with E-state index < -0.39 is 29.9 Å². The van der Waals surface area contributed by atoms with Crippen LogP contribution in [0.3, 0.4) is 0 Å². The third kappa shape index (κ3) is 21.5. The molecule has 0 aliphatic rings. The minimum absolute atomic E-state index is 0. The van der Waals surface area contributed by atoms with E-state index in [0.717, 1.165) is 51.4 Å². The monoisotopic (exact) mass is 447 g/mol. The van der Waals surface area contributed by atoms with Gasteiger partial charge in [-0.15, -0.1) is 0 Å².